The molecule has 2 heterocycles. The highest BCUT2D eigenvalue weighted by atomic mass is 32.2. The van der Waals surface area contributed by atoms with Crippen LogP contribution in [0.25, 0.3) is 5.69 Å². The maximum absolute atomic E-state index is 12.0. The van der Waals surface area contributed by atoms with Gasteiger partial charge in [0.1, 0.15) is 0 Å². The molecule has 28 heavy (non-hydrogen) atoms. The van der Waals surface area contributed by atoms with Crippen LogP contribution >= 0.6 is 12.2 Å². The van der Waals surface area contributed by atoms with Crippen LogP contribution in [0.2, 0.25) is 0 Å². The summed E-state index contributed by atoms with van der Waals surface area (Å²) in [5.41, 5.74) is 3.79. The first kappa shape index (κ1) is 19.9. The molecule has 0 amide bonds. The third-order valence-corrected chi connectivity index (χ3v) is 8.15. The number of fused-ring (bicyclic) bond motifs is 1. The molecule has 1 saturated heterocycles. The van der Waals surface area contributed by atoms with Crippen molar-refractivity contribution in [3.63, 3.8) is 0 Å². The average molecular weight is 420 g/mol. The van der Waals surface area contributed by atoms with Crippen LogP contribution in [0.5, 0.6) is 0 Å². The van der Waals surface area contributed by atoms with Gasteiger partial charge in [0.25, 0.3) is 0 Å². The fourth-order valence-electron chi connectivity index (χ4n) is 4.65. The molecule has 0 N–H and O–H groups in total. The molecular weight excluding hydrogens is 390 g/mol. The van der Waals surface area contributed by atoms with Crippen molar-refractivity contribution in [2.45, 2.75) is 58.2 Å². The highest BCUT2D eigenvalue weighted by molar-refractivity contribution is 7.91. The van der Waals surface area contributed by atoms with E-state index >= 15 is 0 Å². The number of rotatable bonds is 6. The Bertz CT molecular complexity index is 993. The summed E-state index contributed by atoms with van der Waals surface area (Å²) in [5, 5.41) is 0. The third-order valence-electron chi connectivity index (χ3n) is 6.00. The Balaban J connectivity index is 1.73. The minimum absolute atomic E-state index is 0.103. The fourth-order valence-corrected chi connectivity index (χ4v) is 6.79. The number of aromatic nitrogens is 2. The summed E-state index contributed by atoms with van der Waals surface area (Å²) in [6.07, 6.45) is 6.21. The summed E-state index contributed by atoms with van der Waals surface area (Å²) in [6, 6.07) is 10.5. The molecule has 1 aromatic carbocycles. The predicted octanol–water partition coefficient (Wildman–Crippen LogP) is 3.74. The van der Waals surface area contributed by atoms with Gasteiger partial charge in [0.05, 0.1) is 18.2 Å². The van der Waals surface area contributed by atoms with Crippen molar-refractivity contribution in [2.24, 2.45) is 0 Å². The van der Waals surface area contributed by atoms with Crippen molar-refractivity contribution >= 4 is 22.1 Å². The largest absolute Gasteiger partial charge is 0.307 e. The van der Waals surface area contributed by atoms with E-state index in [9.17, 15) is 8.42 Å². The first-order valence-electron chi connectivity index (χ1n) is 10.3. The normalized spacial score (nSPS) is 21.1. The predicted molar refractivity (Wildman–Crippen MR) is 115 cm³/mol. The molecule has 0 radical (unpaired) electrons. The Kier molecular flexibility index (Phi) is 5.76. The summed E-state index contributed by atoms with van der Waals surface area (Å²) in [7, 11) is -2.90. The van der Waals surface area contributed by atoms with Gasteiger partial charge in [-0.15, -0.1) is 0 Å². The van der Waals surface area contributed by atoms with E-state index in [1.54, 1.807) is 0 Å². The zero-order valence-corrected chi connectivity index (χ0v) is 18.1. The summed E-state index contributed by atoms with van der Waals surface area (Å²) in [4.78, 5) is 2.34. The second-order valence-electron chi connectivity index (χ2n) is 7.99. The average Bonchev–Trinajstić information content (AvgIpc) is 3.19. The van der Waals surface area contributed by atoms with Gasteiger partial charge in [0, 0.05) is 23.1 Å². The van der Waals surface area contributed by atoms with Gasteiger partial charge >= 0.3 is 0 Å². The Hall–Kier alpha value is -1.44. The molecule has 5 nitrogen and oxygen atoms in total. The zero-order valence-electron chi connectivity index (χ0n) is 16.5. The van der Waals surface area contributed by atoms with Gasteiger partial charge in [0.2, 0.25) is 0 Å². The Morgan fingerprint density at radius 2 is 1.86 bits per heavy atom. The van der Waals surface area contributed by atoms with Gasteiger partial charge in [0.15, 0.2) is 14.6 Å². The van der Waals surface area contributed by atoms with E-state index in [-0.39, 0.29) is 11.8 Å². The first-order chi connectivity index (χ1) is 13.5. The molecule has 1 aromatic heterocycles. The molecule has 0 spiro atoms. The number of imidazole rings is 1. The molecule has 1 aliphatic heterocycles. The zero-order chi connectivity index (χ0) is 19.7. The standard InChI is InChI=1S/C21H29N3O2S2/c1-2-13-22(18-12-14-28(25,26)15-18)16-23-19-10-6-7-11-20(19)24(21(23)27)17-8-4-3-5-9-17/h3-5,8-9,18H,2,6-7,10-16H2,1H3. The molecular formula is C21H29N3O2S2. The summed E-state index contributed by atoms with van der Waals surface area (Å²) >= 11 is 5.95. The van der Waals surface area contributed by atoms with E-state index in [2.05, 4.69) is 45.2 Å². The fraction of sp³-hybridized carbons (Fsp3) is 0.571. The van der Waals surface area contributed by atoms with Gasteiger partial charge in [-0.25, -0.2) is 8.42 Å². The Labute approximate surface area is 172 Å². The van der Waals surface area contributed by atoms with E-state index in [1.807, 2.05) is 6.07 Å². The third kappa shape index (κ3) is 3.84. The first-order valence-corrected chi connectivity index (χ1v) is 12.6. The van der Waals surface area contributed by atoms with Crippen molar-refractivity contribution < 1.29 is 8.42 Å². The van der Waals surface area contributed by atoms with Crippen LogP contribution in [0.4, 0.5) is 0 Å². The molecule has 1 fully saturated rings. The molecule has 2 aromatic rings. The lowest BCUT2D eigenvalue weighted by atomic mass is 10.0. The number of nitrogens with zero attached hydrogens (tertiary/aromatic N) is 3. The van der Waals surface area contributed by atoms with Gasteiger partial charge in [-0.05, 0) is 69.4 Å². The molecule has 1 unspecified atom stereocenters. The number of sulfone groups is 1. The van der Waals surface area contributed by atoms with Crippen LogP contribution in [-0.2, 0) is 29.3 Å². The van der Waals surface area contributed by atoms with Crippen molar-refractivity contribution in [1.82, 2.24) is 14.0 Å². The lowest BCUT2D eigenvalue weighted by molar-refractivity contribution is 0.161. The smallest absolute Gasteiger partial charge is 0.186 e. The van der Waals surface area contributed by atoms with Gasteiger partial charge < -0.3 is 4.57 Å². The van der Waals surface area contributed by atoms with Crippen molar-refractivity contribution in [2.75, 3.05) is 18.1 Å². The number of hydrogen-bond donors (Lipinski definition) is 0. The van der Waals surface area contributed by atoms with Crippen molar-refractivity contribution in [3.05, 3.63) is 46.5 Å². The number of benzene rings is 1. The number of hydrogen-bond acceptors (Lipinski definition) is 4. The monoisotopic (exact) mass is 419 g/mol. The number of para-hydroxylation sites is 1. The van der Waals surface area contributed by atoms with Crippen molar-refractivity contribution in [3.8, 4) is 5.69 Å². The molecule has 4 rings (SSSR count). The molecule has 0 saturated carbocycles. The molecule has 1 aliphatic carbocycles. The molecule has 1 atom stereocenters. The van der Waals surface area contributed by atoms with Crippen LogP contribution in [0.1, 0.15) is 44.0 Å². The summed E-state index contributed by atoms with van der Waals surface area (Å²) in [5.74, 6) is 0.592. The lowest BCUT2D eigenvalue weighted by Gasteiger charge is -2.29. The van der Waals surface area contributed by atoms with Gasteiger partial charge in [-0.2, -0.15) is 0 Å². The molecule has 2 aliphatic rings. The van der Waals surface area contributed by atoms with Crippen molar-refractivity contribution in [1.29, 1.82) is 0 Å². The maximum atomic E-state index is 12.0. The van der Waals surface area contributed by atoms with Crippen LogP contribution < -0.4 is 0 Å². The Morgan fingerprint density at radius 1 is 1.14 bits per heavy atom. The second kappa shape index (κ2) is 8.13. The van der Waals surface area contributed by atoms with Gasteiger partial charge in [-0.3, -0.25) is 9.47 Å². The highest BCUT2D eigenvalue weighted by Crippen LogP contribution is 2.28. The van der Waals surface area contributed by atoms with Crippen LogP contribution in [0, 0.1) is 4.77 Å². The van der Waals surface area contributed by atoms with E-state index in [4.69, 9.17) is 12.2 Å². The van der Waals surface area contributed by atoms with E-state index in [0.29, 0.717) is 12.4 Å². The quantitative estimate of drug-likeness (QED) is 0.669. The Morgan fingerprint density at radius 3 is 2.50 bits per heavy atom. The van der Waals surface area contributed by atoms with E-state index in [1.165, 1.54) is 24.2 Å². The lowest BCUT2D eigenvalue weighted by Crippen LogP contribution is -2.38. The van der Waals surface area contributed by atoms with E-state index in [0.717, 1.165) is 42.7 Å². The minimum atomic E-state index is -2.90. The maximum Gasteiger partial charge on any atom is 0.186 e. The SMILES string of the molecule is CCCN(Cn1c2c(n(-c3ccccc3)c1=S)CCCC2)C1CCS(=O)(=O)C1. The molecule has 0 bridgehead atoms. The second-order valence-corrected chi connectivity index (χ2v) is 10.6. The van der Waals surface area contributed by atoms with Crippen LogP contribution in [0.15, 0.2) is 30.3 Å². The van der Waals surface area contributed by atoms with Crippen LogP contribution in [0.3, 0.4) is 0 Å². The molecule has 7 heteroatoms. The van der Waals surface area contributed by atoms with E-state index < -0.39 is 9.84 Å². The summed E-state index contributed by atoms with van der Waals surface area (Å²) in [6.45, 7) is 3.74. The minimum Gasteiger partial charge on any atom is -0.307 e. The van der Waals surface area contributed by atoms with Crippen LogP contribution in [-0.4, -0.2) is 46.5 Å². The van der Waals surface area contributed by atoms with Gasteiger partial charge in [-0.1, -0.05) is 25.1 Å². The highest BCUT2D eigenvalue weighted by Gasteiger charge is 2.33. The topological polar surface area (TPSA) is 47.2 Å². The summed E-state index contributed by atoms with van der Waals surface area (Å²) < 4.78 is 29.4. The molecule has 152 valence electrons.